The molecule has 0 spiro atoms. The Balaban J connectivity index is 2.63. The van der Waals surface area contributed by atoms with Gasteiger partial charge in [0, 0.05) is 20.0 Å². The largest absolute Gasteiger partial charge is 0.388 e. The lowest BCUT2D eigenvalue weighted by Crippen LogP contribution is -2.53. The number of rotatable bonds is 9. The second-order valence-corrected chi connectivity index (χ2v) is 14.7. The molecule has 1 fully saturated rings. The summed E-state index contributed by atoms with van der Waals surface area (Å²) in [5, 5.41) is 11.3. The molecule has 0 saturated heterocycles. The third-order valence-electron chi connectivity index (χ3n) is 6.50. The second-order valence-electron chi connectivity index (χ2n) is 9.40. The van der Waals surface area contributed by atoms with E-state index in [1.807, 2.05) is 50.5 Å². The number of amides is 1. The molecule has 4 atom stereocenters. The second kappa shape index (κ2) is 7.92. The van der Waals surface area contributed by atoms with E-state index >= 15 is 0 Å². The molecule has 1 saturated carbocycles. The van der Waals surface area contributed by atoms with E-state index in [2.05, 4.69) is 33.1 Å². The minimum atomic E-state index is -2.08. The summed E-state index contributed by atoms with van der Waals surface area (Å²) in [6.07, 6.45) is 5.84. The van der Waals surface area contributed by atoms with Crippen LogP contribution in [0.4, 0.5) is 0 Å². The molecule has 0 unspecified atom stereocenters. The van der Waals surface area contributed by atoms with Gasteiger partial charge in [0.25, 0.3) is 0 Å². The SMILES string of the molecule is C=CC[C@]1(CCCC)[C@H]([C@@](O)(c2ccccc2)[Si](C)(C)C)[C@@H]1C(=O)N(C)C. The predicted octanol–water partition coefficient (Wildman–Crippen LogP) is 4.84. The Hall–Kier alpha value is -1.39. The number of hydrogen-bond donors (Lipinski definition) is 1. The summed E-state index contributed by atoms with van der Waals surface area (Å²) in [4.78, 5) is 14.9. The smallest absolute Gasteiger partial charge is 0.226 e. The van der Waals surface area contributed by atoms with Crippen molar-refractivity contribution in [3.05, 3.63) is 48.6 Å². The molecule has 1 amide bonds. The zero-order chi connectivity index (χ0) is 20.5. The summed E-state index contributed by atoms with van der Waals surface area (Å²) in [6, 6.07) is 10.0. The molecule has 1 aromatic carbocycles. The highest BCUT2D eigenvalue weighted by molar-refractivity contribution is 6.78. The van der Waals surface area contributed by atoms with Crippen molar-refractivity contribution < 1.29 is 9.90 Å². The molecule has 0 aliphatic heterocycles. The minimum Gasteiger partial charge on any atom is -0.388 e. The molecule has 3 nitrogen and oxygen atoms in total. The van der Waals surface area contributed by atoms with Crippen LogP contribution in [0.1, 0.15) is 38.2 Å². The molecule has 0 bridgehead atoms. The first kappa shape index (κ1) is 21.9. The monoisotopic (exact) mass is 387 g/mol. The van der Waals surface area contributed by atoms with E-state index in [0.717, 1.165) is 31.2 Å². The van der Waals surface area contributed by atoms with E-state index in [1.54, 1.807) is 4.90 Å². The van der Waals surface area contributed by atoms with E-state index in [4.69, 9.17) is 0 Å². The summed E-state index contributed by atoms with van der Waals surface area (Å²) in [7, 11) is 1.57. The van der Waals surface area contributed by atoms with Gasteiger partial charge in [-0.1, -0.05) is 75.8 Å². The Morgan fingerprint density at radius 1 is 1.30 bits per heavy atom. The lowest BCUT2D eigenvalue weighted by Gasteiger charge is -2.42. The maximum atomic E-state index is 13.2. The van der Waals surface area contributed by atoms with E-state index < -0.39 is 13.3 Å². The fourth-order valence-electron chi connectivity index (χ4n) is 5.03. The van der Waals surface area contributed by atoms with Crippen LogP contribution in [-0.2, 0) is 10.0 Å². The van der Waals surface area contributed by atoms with E-state index in [-0.39, 0.29) is 23.2 Å². The zero-order valence-electron chi connectivity index (χ0n) is 18.0. The maximum absolute atomic E-state index is 13.2. The van der Waals surface area contributed by atoms with Crippen LogP contribution in [0.3, 0.4) is 0 Å². The Bertz CT molecular complexity index is 667. The highest BCUT2D eigenvalue weighted by atomic mass is 28.3. The number of unbranched alkanes of at least 4 members (excludes halogenated alkanes) is 1. The normalized spacial score (nSPS) is 26.9. The van der Waals surface area contributed by atoms with Gasteiger partial charge in [-0.15, -0.1) is 6.58 Å². The van der Waals surface area contributed by atoms with Gasteiger partial charge in [-0.25, -0.2) is 0 Å². The molecule has 0 radical (unpaired) electrons. The van der Waals surface area contributed by atoms with Crippen molar-refractivity contribution >= 4 is 14.0 Å². The first-order valence-corrected chi connectivity index (χ1v) is 13.7. The van der Waals surface area contributed by atoms with E-state index in [9.17, 15) is 9.90 Å². The molecule has 1 aliphatic rings. The van der Waals surface area contributed by atoms with Gasteiger partial charge < -0.3 is 10.0 Å². The fourth-order valence-corrected chi connectivity index (χ4v) is 7.45. The predicted molar refractivity (Wildman–Crippen MR) is 116 cm³/mol. The van der Waals surface area contributed by atoms with Gasteiger partial charge in [-0.05, 0) is 23.8 Å². The van der Waals surface area contributed by atoms with Crippen LogP contribution in [0.2, 0.25) is 19.6 Å². The molecular formula is C23H37NO2Si. The van der Waals surface area contributed by atoms with Crippen molar-refractivity contribution in [2.75, 3.05) is 14.1 Å². The van der Waals surface area contributed by atoms with Crippen molar-refractivity contribution in [1.82, 2.24) is 4.90 Å². The zero-order valence-corrected chi connectivity index (χ0v) is 19.0. The Labute approximate surface area is 166 Å². The first-order valence-electron chi connectivity index (χ1n) is 10.2. The highest BCUT2D eigenvalue weighted by Gasteiger charge is 2.75. The lowest BCUT2D eigenvalue weighted by atomic mass is 9.88. The number of benzene rings is 1. The average Bonchev–Trinajstić information content (AvgIpc) is 3.27. The molecule has 1 aromatic rings. The van der Waals surface area contributed by atoms with Crippen LogP contribution in [0.5, 0.6) is 0 Å². The van der Waals surface area contributed by atoms with Gasteiger partial charge in [0.05, 0.1) is 19.2 Å². The average molecular weight is 388 g/mol. The van der Waals surface area contributed by atoms with Gasteiger partial charge in [-0.2, -0.15) is 0 Å². The van der Waals surface area contributed by atoms with Crippen molar-refractivity contribution in [2.45, 2.75) is 57.5 Å². The molecular weight excluding hydrogens is 350 g/mol. The standard InChI is InChI=1S/C23H37NO2Si/c1-8-10-17-22(16-9-2)19(21(25)24(3)4)20(22)23(26,27(5,6)7)18-14-12-11-13-15-18/h9,11-15,19-20,26H,2,8,10,16-17H2,1,3-7H3/t19-,20-,22-,23-/m1/s1. The minimum absolute atomic E-state index is 0.0569. The van der Waals surface area contributed by atoms with E-state index in [1.165, 1.54) is 0 Å². The summed E-state index contributed by atoms with van der Waals surface area (Å²) >= 11 is 0. The van der Waals surface area contributed by atoms with Gasteiger partial charge in [0.1, 0.15) is 0 Å². The van der Waals surface area contributed by atoms with Crippen molar-refractivity contribution in [3.8, 4) is 0 Å². The van der Waals surface area contributed by atoms with Crippen molar-refractivity contribution in [3.63, 3.8) is 0 Å². The highest BCUT2D eigenvalue weighted by Crippen LogP contribution is 2.71. The fraction of sp³-hybridized carbons (Fsp3) is 0.609. The third-order valence-corrected chi connectivity index (χ3v) is 9.38. The van der Waals surface area contributed by atoms with Crippen LogP contribution in [-0.4, -0.2) is 38.1 Å². The number of allylic oxidation sites excluding steroid dienone is 1. The molecule has 4 heteroatoms. The van der Waals surface area contributed by atoms with Gasteiger partial charge in [0.15, 0.2) is 0 Å². The van der Waals surface area contributed by atoms with Crippen LogP contribution < -0.4 is 0 Å². The van der Waals surface area contributed by atoms with Crippen LogP contribution in [0.25, 0.3) is 0 Å². The molecule has 150 valence electrons. The summed E-state index contributed by atoms with van der Waals surface area (Å²) in [5.41, 5.74) is 0.775. The third kappa shape index (κ3) is 3.66. The number of carbonyl (C=O) groups excluding carboxylic acids is 1. The van der Waals surface area contributed by atoms with Gasteiger partial charge in [0.2, 0.25) is 5.91 Å². The molecule has 1 aliphatic carbocycles. The van der Waals surface area contributed by atoms with Gasteiger partial charge >= 0.3 is 0 Å². The Kier molecular flexibility index (Phi) is 6.43. The summed E-state index contributed by atoms with van der Waals surface area (Å²) in [6.45, 7) is 12.8. The molecule has 0 heterocycles. The van der Waals surface area contributed by atoms with Crippen LogP contribution in [0.15, 0.2) is 43.0 Å². The summed E-state index contributed by atoms with van der Waals surface area (Å²) in [5.74, 6) is -0.0574. The Morgan fingerprint density at radius 3 is 2.33 bits per heavy atom. The molecule has 2 rings (SSSR count). The number of aliphatic hydroxyl groups is 1. The number of carbonyl (C=O) groups is 1. The first-order chi connectivity index (χ1) is 12.6. The molecule has 0 aromatic heterocycles. The van der Waals surface area contributed by atoms with Gasteiger partial charge in [-0.3, -0.25) is 4.79 Å². The molecule has 1 N–H and O–H groups in total. The van der Waals surface area contributed by atoms with E-state index in [0.29, 0.717) is 0 Å². The summed E-state index contributed by atoms with van der Waals surface area (Å²) < 4.78 is 0. The Morgan fingerprint density at radius 2 is 1.89 bits per heavy atom. The maximum Gasteiger partial charge on any atom is 0.226 e. The van der Waals surface area contributed by atoms with Crippen molar-refractivity contribution in [2.24, 2.45) is 17.3 Å². The number of hydrogen-bond acceptors (Lipinski definition) is 2. The van der Waals surface area contributed by atoms with Crippen LogP contribution >= 0.6 is 0 Å². The topological polar surface area (TPSA) is 40.5 Å². The van der Waals surface area contributed by atoms with Crippen LogP contribution in [0, 0.1) is 17.3 Å². The lowest BCUT2D eigenvalue weighted by molar-refractivity contribution is -0.131. The quantitative estimate of drug-likeness (QED) is 0.486. The van der Waals surface area contributed by atoms with Crippen molar-refractivity contribution in [1.29, 1.82) is 0 Å². The molecule has 27 heavy (non-hydrogen) atoms. The number of nitrogens with zero attached hydrogens (tertiary/aromatic N) is 1.